The highest BCUT2D eigenvalue weighted by atomic mass is 16.5. The molecular formula is C18H23N3O3. The number of piperidine rings is 1. The van der Waals surface area contributed by atoms with Crippen LogP contribution in [0.3, 0.4) is 0 Å². The fourth-order valence-electron chi connectivity index (χ4n) is 3.13. The molecule has 0 aromatic carbocycles. The van der Waals surface area contributed by atoms with E-state index in [4.69, 9.17) is 9.26 Å². The number of aromatic nitrogens is 2. The Hall–Kier alpha value is -2.21. The SMILES string of the molecule is CCOC(=O)CC1CCCCN1Cc1cc(-c2ccccn2)no1. The second-order valence-corrected chi connectivity index (χ2v) is 6.02. The largest absolute Gasteiger partial charge is 0.466 e. The van der Waals surface area contributed by atoms with Crippen molar-refractivity contribution in [2.75, 3.05) is 13.2 Å². The van der Waals surface area contributed by atoms with Crippen LogP contribution >= 0.6 is 0 Å². The van der Waals surface area contributed by atoms with Crippen molar-refractivity contribution in [3.05, 3.63) is 36.2 Å². The van der Waals surface area contributed by atoms with Gasteiger partial charge in [0.15, 0.2) is 5.76 Å². The van der Waals surface area contributed by atoms with E-state index >= 15 is 0 Å². The fraction of sp³-hybridized carbons (Fsp3) is 0.500. The van der Waals surface area contributed by atoms with Gasteiger partial charge in [-0.15, -0.1) is 0 Å². The first-order valence-corrected chi connectivity index (χ1v) is 8.53. The van der Waals surface area contributed by atoms with Crippen LogP contribution in [0.15, 0.2) is 35.0 Å². The Balaban J connectivity index is 1.65. The summed E-state index contributed by atoms with van der Waals surface area (Å²) >= 11 is 0. The van der Waals surface area contributed by atoms with Gasteiger partial charge >= 0.3 is 5.97 Å². The molecule has 24 heavy (non-hydrogen) atoms. The van der Waals surface area contributed by atoms with Gasteiger partial charge in [0.05, 0.1) is 25.3 Å². The summed E-state index contributed by atoms with van der Waals surface area (Å²) in [6, 6.07) is 7.85. The second kappa shape index (κ2) is 8.06. The molecule has 1 atom stereocenters. The van der Waals surface area contributed by atoms with Gasteiger partial charge < -0.3 is 9.26 Å². The zero-order chi connectivity index (χ0) is 16.8. The van der Waals surface area contributed by atoms with Crippen molar-refractivity contribution < 1.29 is 14.1 Å². The highest BCUT2D eigenvalue weighted by molar-refractivity contribution is 5.70. The third-order valence-corrected chi connectivity index (χ3v) is 4.30. The molecule has 0 aliphatic carbocycles. The lowest BCUT2D eigenvalue weighted by molar-refractivity contribution is -0.145. The summed E-state index contributed by atoms with van der Waals surface area (Å²) in [6.07, 6.45) is 5.48. The second-order valence-electron chi connectivity index (χ2n) is 6.02. The van der Waals surface area contributed by atoms with Gasteiger partial charge in [-0.2, -0.15) is 0 Å². The maximum atomic E-state index is 11.8. The zero-order valence-electron chi connectivity index (χ0n) is 14.0. The van der Waals surface area contributed by atoms with E-state index in [9.17, 15) is 4.79 Å². The summed E-state index contributed by atoms with van der Waals surface area (Å²) in [5.41, 5.74) is 1.54. The number of carbonyl (C=O) groups is 1. The molecule has 0 bridgehead atoms. The Morgan fingerprint density at radius 3 is 3.08 bits per heavy atom. The molecule has 1 aliphatic rings. The fourth-order valence-corrected chi connectivity index (χ4v) is 3.13. The quantitative estimate of drug-likeness (QED) is 0.759. The Morgan fingerprint density at radius 2 is 2.29 bits per heavy atom. The Labute approximate surface area is 141 Å². The molecule has 2 aromatic rings. The van der Waals surface area contributed by atoms with E-state index in [-0.39, 0.29) is 12.0 Å². The lowest BCUT2D eigenvalue weighted by atomic mass is 9.99. The average molecular weight is 329 g/mol. The standard InChI is InChI=1S/C18H23N3O3/c1-2-23-18(22)11-14-7-4-6-10-21(14)13-15-12-17(20-24-15)16-8-3-5-9-19-16/h3,5,8-9,12,14H,2,4,6-7,10-11,13H2,1H3. The van der Waals surface area contributed by atoms with Gasteiger partial charge in [0.25, 0.3) is 0 Å². The van der Waals surface area contributed by atoms with E-state index in [0.717, 1.165) is 43.0 Å². The van der Waals surface area contributed by atoms with E-state index in [2.05, 4.69) is 15.0 Å². The normalized spacial score (nSPS) is 18.5. The number of rotatable bonds is 6. The minimum absolute atomic E-state index is 0.124. The monoisotopic (exact) mass is 329 g/mol. The molecule has 128 valence electrons. The van der Waals surface area contributed by atoms with Crippen molar-refractivity contribution in [2.24, 2.45) is 0 Å². The van der Waals surface area contributed by atoms with Gasteiger partial charge in [-0.25, -0.2) is 0 Å². The van der Waals surface area contributed by atoms with Crippen LogP contribution < -0.4 is 0 Å². The number of esters is 1. The molecule has 1 saturated heterocycles. The number of ether oxygens (including phenoxy) is 1. The van der Waals surface area contributed by atoms with E-state index in [1.165, 1.54) is 0 Å². The third kappa shape index (κ3) is 4.20. The van der Waals surface area contributed by atoms with Crippen LogP contribution in [0.1, 0.15) is 38.4 Å². The van der Waals surface area contributed by atoms with Gasteiger partial charge in [0, 0.05) is 18.3 Å². The number of carbonyl (C=O) groups excluding carboxylic acids is 1. The van der Waals surface area contributed by atoms with Crippen molar-refractivity contribution in [3.8, 4) is 11.4 Å². The average Bonchev–Trinajstić information content (AvgIpc) is 3.06. The molecule has 0 amide bonds. The number of nitrogens with zero attached hydrogens (tertiary/aromatic N) is 3. The van der Waals surface area contributed by atoms with E-state index in [1.54, 1.807) is 6.20 Å². The summed E-state index contributed by atoms with van der Waals surface area (Å²) in [5, 5.41) is 4.11. The molecule has 1 fully saturated rings. The summed E-state index contributed by atoms with van der Waals surface area (Å²) in [5.74, 6) is 0.674. The number of likely N-dealkylation sites (tertiary alicyclic amines) is 1. The molecule has 2 aromatic heterocycles. The van der Waals surface area contributed by atoms with Crippen molar-refractivity contribution in [1.29, 1.82) is 0 Å². The molecular weight excluding hydrogens is 306 g/mol. The van der Waals surface area contributed by atoms with Crippen molar-refractivity contribution >= 4 is 5.97 Å². The highest BCUT2D eigenvalue weighted by Gasteiger charge is 2.26. The Morgan fingerprint density at radius 1 is 1.38 bits per heavy atom. The molecule has 3 rings (SSSR count). The summed E-state index contributed by atoms with van der Waals surface area (Å²) in [6.45, 7) is 3.89. The molecule has 6 heteroatoms. The molecule has 3 heterocycles. The lowest BCUT2D eigenvalue weighted by Gasteiger charge is -2.34. The third-order valence-electron chi connectivity index (χ3n) is 4.30. The first-order chi connectivity index (χ1) is 11.8. The molecule has 0 radical (unpaired) electrons. The molecule has 1 aliphatic heterocycles. The van der Waals surface area contributed by atoms with Crippen molar-refractivity contribution in [3.63, 3.8) is 0 Å². The molecule has 0 N–H and O–H groups in total. The highest BCUT2D eigenvalue weighted by Crippen LogP contribution is 2.24. The van der Waals surface area contributed by atoms with E-state index in [0.29, 0.717) is 19.6 Å². The Kier molecular flexibility index (Phi) is 5.59. The first kappa shape index (κ1) is 16.6. The van der Waals surface area contributed by atoms with E-state index < -0.39 is 0 Å². The number of hydrogen-bond donors (Lipinski definition) is 0. The number of pyridine rings is 1. The van der Waals surface area contributed by atoms with Crippen LogP contribution in [0, 0.1) is 0 Å². The summed E-state index contributed by atoms with van der Waals surface area (Å²) in [7, 11) is 0. The van der Waals surface area contributed by atoms with Gasteiger partial charge in [-0.05, 0) is 38.4 Å². The van der Waals surface area contributed by atoms with Gasteiger partial charge in [0.1, 0.15) is 5.69 Å². The first-order valence-electron chi connectivity index (χ1n) is 8.53. The smallest absolute Gasteiger partial charge is 0.307 e. The predicted molar refractivity (Wildman–Crippen MR) is 89.0 cm³/mol. The van der Waals surface area contributed by atoms with Crippen LogP contribution in [0.5, 0.6) is 0 Å². The topological polar surface area (TPSA) is 68.5 Å². The van der Waals surface area contributed by atoms with Crippen LogP contribution in [0.2, 0.25) is 0 Å². The molecule has 0 saturated carbocycles. The van der Waals surface area contributed by atoms with Gasteiger partial charge in [0.2, 0.25) is 0 Å². The van der Waals surface area contributed by atoms with Crippen LogP contribution in [0.4, 0.5) is 0 Å². The van der Waals surface area contributed by atoms with Crippen LogP contribution in [-0.4, -0.2) is 40.2 Å². The maximum absolute atomic E-state index is 11.8. The van der Waals surface area contributed by atoms with Gasteiger partial charge in [-0.3, -0.25) is 14.7 Å². The van der Waals surface area contributed by atoms with Gasteiger partial charge in [-0.1, -0.05) is 17.6 Å². The Bertz CT molecular complexity index is 657. The summed E-state index contributed by atoms with van der Waals surface area (Å²) in [4.78, 5) is 18.4. The maximum Gasteiger partial charge on any atom is 0.307 e. The minimum Gasteiger partial charge on any atom is -0.466 e. The lowest BCUT2D eigenvalue weighted by Crippen LogP contribution is -2.40. The molecule has 1 unspecified atom stereocenters. The van der Waals surface area contributed by atoms with Crippen molar-refractivity contribution in [1.82, 2.24) is 15.0 Å². The number of hydrogen-bond acceptors (Lipinski definition) is 6. The zero-order valence-corrected chi connectivity index (χ0v) is 14.0. The van der Waals surface area contributed by atoms with Crippen LogP contribution in [0.25, 0.3) is 11.4 Å². The minimum atomic E-state index is -0.124. The van der Waals surface area contributed by atoms with Crippen molar-refractivity contribution in [2.45, 2.75) is 45.2 Å². The predicted octanol–water partition coefficient (Wildman–Crippen LogP) is 3.04. The summed E-state index contributed by atoms with van der Waals surface area (Å²) < 4.78 is 10.6. The molecule has 0 spiro atoms. The van der Waals surface area contributed by atoms with Crippen LogP contribution in [-0.2, 0) is 16.1 Å². The van der Waals surface area contributed by atoms with E-state index in [1.807, 2.05) is 31.2 Å². The molecule has 6 nitrogen and oxygen atoms in total.